The molecule has 0 aromatic carbocycles. The van der Waals surface area contributed by atoms with Crippen LogP contribution in [0.25, 0.3) is 0 Å². The van der Waals surface area contributed by atoms with Crippen molar-refractivity contribution in [3.05, 3.63) is 52.0 Å². The number of morpholine rings is 1. The normalized spacial score (nSPS) is 26.7. The van der Waals surface area contributed by atoms with Crippen LogP contribution in [0.15, 0.2) is 35.0 Å². The summed E-state index contributed by atoms with van der Waals surface area (Å²) in [6.07, 6.45) is 2.67. The van der Waals surface area contributed by atoms with Gasteiger partial charge >= 0.3 is 0 Å². The Hall–Kier alpha value is -1.27. The van der Waals surface area contributed by atoms with Crippen molar-refractivity contribution in [1.29, 1.82) is 0 Å². The molecule has 1 saturated heterocycles. The summed E-state index contributed by atoms with van der Waals surface area (Å²) in [5, 5.41) is 4.42. The third kappa shape index (κ3) is 4.29. The maximum Gasteiger partial charge on any atom is 0.0888 e. The quantitative estimate of drug-likeness (QED) is 0.789. The summed E-state index contributed by atoms with van der Waals surface area (Å²) in [5.41, 5.74) is 3.49. The smallest absolute Gasteiger partial charge is 0.0888 e. The fourth-order valence-electron chi connectivity index (χ4n) is 4.09. The number of fused-ring (bicyclic) bond motifs is 1. The topological polar surface area (TPSA) is 34.6 Å². The number of rotatable bonds is 6. The molecule has 3 atom stereocenters. The summed E-state index contributed by atoms with van der Waals surface area (Å²) < 4.78 is 12.0. The van der Waals surface area contributed by atoms with Gasteiger partial charge in [-0.1, -0.05) is 6.07 Å². The average molecular weight is 359 g/mol. The van der Waals surface area contributed by atoms with E-state index in [0.717, 1.165) is 44.1 Å². The number of hydrogen-bond donors (Lipinski definition) is 0. The number of ether oxygens (including phenoxy) is 2. The van der Waals surface area contributed by atoms with Crippen molar-refractivity contribution in [3.8, 4) is 0 Å². The highest BCUT2D eigenvalue weighted by molar-refractivity contribution is 7.07. The van der Waals surface area contributed by atoms with Gasteiger partial charge in [-0.15, -0.1) is 0 Å². The highest BCUT2D eigenvalue weighted by atomic mass is 32.1. The van der Waals surface area contributed by atoms with Crippen molar-refractivity contribution < 1.29 is 9.47 Å². The molecule has 2 aliphatic rings. The predicted octanol–water partition coefficient (Wildman–Crippen LogP) is 3.65. The van der Waals surface area contributed by atoms with E-state index in [1.807, 2.05) is 25.1 Å². The van der Waals surface area contributed by atoms with Crippen LogP contribution in [-0.4, -0.2) is 41.8 Å². The van der Waals surface area contributed by atoms with Crippen LogP contribution in [0, 0.1) is 12.8 Å². The zero-order valence-electron chi connectivity index (χ0n) is 14.8. The first-order chi connectivity index (χ1) is 12.3. The van der Waals surface area contributed by atoms with Crippen molar-refractivity contribution in [1.82, 2.24) is 9.88 Å². The van der Waals surface area contributed by atoms with Gasteiger partial charge in [0.2, 0.25) is 0 Å². The lowest BCUT2D eigenvalue weighted by Crippen LogP contribution is -2.47. The molecule has 1 aliphatic heterocycles. The lowest BCUT2D eigenvalue weighted by atomic mass is 10.1. The highest BCUT2D eigenvalue weighted by Crippen LogP contribution is 2.35. The van der Waals surface area contributed by atoms with Gasteiger partial charge in [0.05, 0.1) is 31.6 Å². The van der Waals surface area contributed by atoms with E-state index in [-0.39, 0.29) is 0 Å². The van der Waals surface area contributed by atoms with Crippen LogP contribution in [0.3, 0.4) is 0 Å². The van der Waals surface area contributed by atoms with Gasteiger partial charge in [-0.3, -0.25) is 9.88 Å². The minimum absolute atomic E-state index is 0.373. The molecule has 4 rings (SSSR count). The standard InChI is InChI=1S/C20H26N2O2S/c1-15-3-2-4-18(21-15)13-23-12-17-9-19-20(10-17)24-7-6-22(19)11-16-5-8-25-14-16/h2-5,8,14,17,19-20H,6-7,9-13H2,1H3/t17-,19+,20+/m0/s1. The van der Waals surface area contributed by atoms with Crippen molar-refractivity contribution >= 4 is 11.3 Å². The van der Waals surface area contributed by atoms with Crippen LogP contribution in [0.4, 0.5) is 0 Å². The Kier molecular flexibility index (Phi) is 5.46. The Morgan fingerprint density at radius 3 is 3.12 bits per heavy atom. The molecule has 0 unspecified atom stereocenters. The largest absolute Gasteiger partial charge is 0.375 e. The van der Waals surface area contributed by atoms with E-state index in [4.69, 9.17) is 9.47 Å². The van der Waals surface area contributed by atoms with E-state index in [9.17, 15) is 0 Å². The van der Waals surface area contributed by atoms with E-state index in [1.54, 1.807) is 11.3 Å². The predicted molar refractivity (Wildman–Crippen MR) is 99.6 cm³/mol. The molecule has 2 aromatic rings. The van der Waals surface area contributed by atoms with Crippen LogP contribution in [-0.2, 0) is 22.6 Å². The van der Waals surface area contributed by atoms with Gasteiger partial charge < -0.3 is 9.47 Å². The summed E-state index contributed by atoms with van der Waals surface area (Å²) in [6.45, 7) is 6.37. The van der Waals surface area contributed by atoms with Crippen LogP contribution in [0.1, 0.15) is 29.8 Å². The van der Waals surface area contributed by atoms with Gasteiger partial charge in [-0.2, -0.15) is 11.3 Å². The monoisotopic (exact) mass is 358 g/mol. The summed E-state index contributed by atoms with van der Waals surface area (Å²) >= 11 is 1.78. The fraction of sp³-hybridized carbons (Fsp3) is 0.550. The first kappa shape index (κ1) is 17.2. The molecule has 0 amide bonds. The summed E-state index contributed by atoms with van der Waals surface area (Å²) in [4.78, 5) is 7.12. The van der Waals surface area contributed by atoms with E-state index >= 15 is 0 Å². The van der Waals surface area contributed by atoms with E-state index in [1.165, 1.54) is 12.0 Å². The molecule has 5 heteroatoms. The molecule has 3 heterocycles. The van der Waals surface area contributed by atoms with Crippen LogP contribution >= 0.6 is 11.3 Å². The molecule has 2 fully saturated rings. The first-order valence-corrected chi connectivity index (χ1v) is 10.1. The summed E-state index contributed by atoms with van der Waals surface area (Å²) in [5.74, 6) is 0.586. The van der Waals surface area contributed by atoms with Crippen molar-refractivity contribution in [2.45, 2.75) is 45.1 Å². The Bertz CT molecular complexity index is 676. The minimum atomic E-state index is 0.373. The number of nitrogens with zero attached hydrogens (tertiary/aromatic N) is 2. The first-order valence-electron chi connectivity index (χ1n) is 9.15. The van der Waals surface area contributed by atoms with Gasteiger partial charge in [0.1, 0.15) is 0 Å². The number of aryl methyl sites for hydroxylation is 1. The molecule has 0 N–H and O–H groups in total. The highest BCUT2D eigenvalue weighted by Gasteiger charge is 2.40. The van der Waals surface area contributed by atoms with Crippen LogP contribution < -0.4 is 0 Å². The average Bonchev–Trinajstić information content (AvgIpc) is 3.25. The van der Waals surface area contributed by atoms with Gasteiger partial charge in [-0.05, 0) is 60.2 Å². The molecule has 4 nitrogen and oxygen atoms in total. The third-order valence-corrected chi connectivity index (χ3v) is 6.00. The second-order valence-electron chi connectivity index (χ2n) is 7.20. The lowest BCUT2D eigenvalue weighted by Gasteiger charge is -2.37. The Morgan fingerprint density at radius 1 is 1.32 bits per heavy atom. The molecule has 1 saturated carbocycles. The molecular formula is C20H26N2O2S. The number of thiophene rings is 1. The van der Waals surface area contributed by atoms with Gasteiger partial charge in [0.15, 0.2) is 0 Å². The molecule has 1 aliphatic carbocycles. The zero-order chi connectivity index (χ0) is 17.1. The number of pyridine rings is 1. The van der Waals surface area contributed by atoms with Crippen molar-refractivity contribution in [2.24, 2.45) is 5.92 Å². The minimum Gasteiger partial charge on any atom is -0.375 e. The van der Waals surface area contributed by atoms with Crippen molar-refractivity contribution in [2.75, 3.05) is 19.8 Å². The van der Waals surface area contributed by atoms with Gasteiger partial charge in [0, 0.05) is 24.8 Å². The van der Waals surface area contributed by atoms with E-state index < -0.39 is 0 Å². The summed E-state index contributed by atoms with van der Waals surface area (Å²) in [6, 6.07) is 8.87. The van der Waals surface area contributed by atoms with Crippen LogP contribution in [0.2, 0.25) is 0 Å². The molecule has 0 spiro atoms. The second kappa shape index (κ2) is 7.96. The number of aromatic nitrogens is 1. The Morgan fingerprint density at radius 2 is 2.28 bits per heavy atom. The zero-order valence-corrected chi connectivity index (χ0v) is 15.6. The lowest BCUT2D eigenvalue weighted by molar-refractivity contribution is -0.0591. The van der Waals surface area contributed by atoms with Crippen molar-refractivity contribution in [3.63, 3.8) is 0 Å². The molecule has 0 radical (unpaired) electrons. The number of hydrogen-bond acceptors (Lipinski definition) is 5. The Balaban J connectivity index is 1.29. The van der Waals surface area contributed by atoms with Gasteiger partial charge in [-0.25, -0.2) is 0 Å². The second-order valence-corrected chi connectivity index (χ2v) is 7.98. The maximum absolute atomic E-state index is 6.05. The molecular weight excluding hydrogens is 332 g/mol. The third-order valence-electron chi connectivity index (χ3n) is 5.26. The molecule has 0 bridgehead atoms. The van der Waals surface area contributed by atoms with Crippen LogP contribution in [0.5, 0.6) is 0 Å². The SMILES string of the molecule is Cc1cccc(COC[C@H]2C[C@@H]3[C@@H](C2)OCCN3Cc2ccsc2)n1. The molecule has 2 aromatic heterocycles. The molecule has 25 heavy (non-hydrogen) atoms. The van der Waals surface area contributed by atoms with Gasteiger partial charge in [0.25, 0.3) is 0 Å². The Labute approximate surface area is 153 Å². The van der Waals surface area contributed by atoms with E-state index in [2.05, 4.69) is 26.7 Å². The van der Waals surface area contributed by atoms with E-state index in [0.29, 0.717) is 24.7 Å². The maximum atomic E-state index is 6.05. The fourth-order valence-corrected chi connectivity index (χ4v) is 4.75. The summed E-state index contributed by atoms with van der Waals surface area (Å²) in [7, 11) is 0. The molecule has 134 valence electrons.